The summed E-state index contributed by atoms with van der Waals surface area (Å²) < 4.78 is 15.6. The van der Waals surface area contributed by atoms with Crippen LogP contribution in [0.1, 0.15) is 24.7 Å². The van der Waals surface area contributed by atoms with Gasteiger partial charge in [0, 0.05) is 24.4 Å². The van der Waals surface area contributed by atoms with Crippen LogP contribution in [0.25, 0.3) is 11.0 Å². The normalized spacial score (nSPS) is 15.7. The average molecular weight is 273 g/mol. The molecule has 0 unspecified atom stereocenters. The lowest BCUT2D eigenvalue weighted by Crippen LogP contribution is -2.02. The maximum atomic E-state index is 13.5. The molecule has 5 heteroatoms. The minimum Gasteiger partial charge on any atom is -0.325 e. The van der Waals surface area contributed by atoms with Gasteiger partial charge in [-0.3, -0.25) is 0 Å². The Hall–Kier alpha value is -0.800. The van der Waals surface area contributed by atoms with Gasteiger partial charge >= 0.3 is 0 Å². The van der Waals surface area contributed by atoms with E-state index in [1.54, 1.807) is 6.07 Å². The molecule has 0 saturated heterocycles. The molecule has 0 spiro atoms. The number of fused-ring (bicyclic) bond motifs is 1. The van der Waals surface area contributed by atoms with Gasteiger partial charge in [0.15, 0.2) is 0 Å². The lowest BCUT2D eigenvalue weighted by Gasteiger charge is -2.06. The predicted molar refractivity (Wildman–Crippen MR) is 67.4 cm³/mol. The Balaban J connectivity index is 2.23. The van der Waals surface area contributed by atoms with Gasteiger partial charge in [0.1, 0.15) is 11.6 Å². The molecule has 17 heavy (non-hydrogen) atoms. The van der Waals surface area contributed by atoms with Crippen molar-refractivity contribution in [3.05, 3.63) is 28.8 Å². The topological polar surface area (TPSA) is 17.8 Å². The molecule has 0 atom stereocenters. The second-order valence-corrected chi connectivity index (χ2v) is 5.11. The van der Waals surface area contributed by atoms with Crippen LogP contribution in [0, 0.1) is 5.82 Å². The Morgan fingerprint density at radius 1 is 1.41 bits per heavy atom. The highest BCUT2D eigenvalue weighted by molar-refractivity contribution is 6.31. The SMILES string of the molecule is Fc1cc2c(cc1Cl)nc(CCCl)n2C1CC1. The lowest BCUT2D eigenvalue weighted by atomic mass is 10.3. The molecule has 90 valence electrons. The van der Waals surface area contributed by atoms with Crippen molar-refractivity contribution in [2.24, 2.45) is 0 Å². The number of aryl methyl sites for hydroxylation is 1. The summed E-state index contributed by atoms with van der Waals surface area (Å²) in [5, 5.41) is 0.121. The van der Waals surface area contributed by atoms with Gasteiger partial charge in [-0.2, -0.15) is 0 Å². The van der Waals surface area contributed by atoms with Gasteiger partial charge in [-0.05, 0) is 18.9 Å². The molecule has 3 rings (SSSR count). The van der Waals surface area contributed by atoms with Gasteiger partial charge in [0.25, 0.3) is 0 Å². The quantitative estimate of drug-likeness (QED) is 0.774. The summed E-state index contributed by atoms with van der Waals surface area (Å²) in [5.41, 5.74) is 1.58. The van der Waals surface area contributed by atoms with E-state index < -0.39 is 5.82 Å². The molecule has 1 aliphatic carbocycles. The van der Waals surface area contributed by atoms with E-state index in [2.05, 4.69) is 9.55 Å². The van der Waals surface area contributed by atoms with Crippen molar-refractivity contribution in [2.75, 3.05) is 5.88 Å². The number of aromatic nitrogens is 2. The molecular formula is C12H11Cl2FN2. The third-order valence-corrected chi connectivity index (χ3v) is 3.51. The van der Waals surface area contributed by atoms with E-state index in [-0.39, 0.29) is 5.02 Å². The van der Waals surface area contributed by atoms with E-state index in [9.17, 15) is 4.39 Å². The molecule has 2 nitrogen and oxygen atoms in total. The molecule has 0 bridgehead atoms. The van der Waals surface area contributed by atoms with E-state index >= 15 is 0 Å². The van der Waals surface area contributed by atoms with Gasteiger partial charge in [0.2, 0.25) is 0 Å². The molecule has 1 heterocycles. The van der Waals surface area contributed by atoms with Crippen LogP contribution in [-0.2, 0) is 6.42 Å². The molecule has 0 amide bonds. The van der Waals surface area contributed by atoms with Crippen molar-refractivity contribution < 1.29 is 4.39 Å². The Morgan fingerprint density at radius 3 is 2.82 bits per heavy atom. The molecule has 0 radical (unpaired) electrons. The second kappa shape index (κ2) is 4.14. The fraction of sp³-hybridized carbons (Fsp3) is 0.417. The number of benzene rings is 1. The number of nitrogens with zero attached hydrogens (tertiary/aromatic N) is 2. The van der Waals surface area contributed by atoms with Crippen LogP contribution < -0.4 is 0 Å². The third-order valence-electron chi connectivity index (χ3n) is 3.03. The molecule has 0 N–H and O–H groups in total. The number of imidazole rings is 1. The smallest absolute Gasteiger partial charge is 0.144 e. The zero-order valence-electron chi connectivity index (χ0n) is 9.09. The summed E-state index contributed by atoms with van der Waals surface area (Å²) in [6.07, 6.45) is 2.96. The fourth-order valence-electron chi connectivity index (χ4n) is 2.14. The molecule has 2 aromatic rings. The highest BCUT2D eigenvalue weighted by atomic mass is 35.5. The largest absolute Gasteiger partial charge is 0.325 e. The molecule has 1 fully saturated rings. The van der Waals surface area contributed by atoms with Crippen LogP contribution >= 0.6 is 23.2 Å². The number of halogens is 3. The van der Waals surface area contributed by atoms with Crippen molar-refractivity contribution in [1.82, 2.24) is 9.55 Å². The van der Waals surface area contributed by atoms with Crippen LogP contribution in [0.5, 0.6) is 0 Å². The highest BCUT2D eigenvalue weighted by Gasteiger charge is 2.28. The van der Waals surface area contributed by atoms with Gasteiger partial charge in [-0.25, -0.2) is 9.37 Å². The standard InChI is InChI=1S/C12H11Cl2FN2/c13-4-3-12-16-10-5-8(14)9(15)6-11(10)17(12)7-1-2-7/h5-7H,1-4H2. The number of rotatable bonds is 3. The maximum absolute atomic E-state index is 13.5. The molecule has 1 aromatic heterocycles. The maximum Gasteiger partial charge on any atom is 0.144 e. The monoisotopic (exact) mass is 272 g/mol. The molecular weight excluding hydrogens is 262 g/mol. The number of hydrogen-bond acceptors (Lipinski definition) is 1. The van der Waals surface area contributed by atoms with E-state index in [1.165, 1.54) is 6.07 Å². The van der Waals surface area contributed by atoms with E-state index in [4.69, 9.17) is 23.2 Å². The molecule has 1 aliphatic rings. The molecule has 0 aliphatic heterocycles. The minimum absolute atomic E-state index is 0.121. The first-order valence-electron chi connectivity index (χ1n) is 5.62. The van der Waals surface area contributed by atoms with Gasteiger partial charge < -0.3 is 4.57 Å². The fourth-order valence-corrected chi connectivity index (χ4v) is 2.47. The Labute approximate surface area is 108 Å². The third kappa shape index (κ3) is 1.91. The van der Waals surface area contributed by atoms with Gasteiger partial charge in [-0.1, -0.05) is 11.6 Å². The zero-order chi connectivity index (χ0) is 12.0. The summed E-state index contributed by atoms with van der Waals surface area (Å²) in [6, 6.07) is 3.52. The van der Waals surface area contributed by atoms with Crippen molar-refractivity contribution in [2.45, 2.75) is 25.3 Å². The van der Waals surface area contributed by atoms with Crippen molar-refractivity contribution in [1.29, 1.82) is 0 Å². The van der Waals surface area contributed by atoms with Crippen molar-refractivity contribution in [3.63, 3.8) is 0 Å². The van der Waals surface area contributed by atoms with Crippen molar-refractivity contribution >= 4 is 34.2 Å². The summed E-state index contributed by atoms with van der Waals surface area (Å²) in [5.74, 6) is 1.06. The van der Waals surface area contributed by atoms with Crippen molar-refractivity contribution in [3.8, 4) is 0 Å². The first-order chi connectivity index (χ1) is 8.20. The second-order valence-electron chi connectivity index (χ2n) is 4.32. The highest BCUT2D eigenvalue weighted by Crippen LogP contribution is 2.39. The van der Waals surface area contributed by atoms with Gasteiger partial charge in [-0.15, -0.1) is 11.6 Å². The summed E-state index contributed by atoms with van der Waals surface area (Å²) in [7, 11) is 0. The predicted octanol–water partition coefficient (Wildman–Crippen LogP) is 3.95. The zero-order valence-corrected chi connectivity index (χ0v) is 10.6. The summed E-state index contributed by atoms with van der Waals surface area (Å²) in [4.78, 5) is 4.49. The van der Waals surface area contributed by atoms with E-state index in [1.807, 2.05) is 0 Å². The number of alkyl halides is 1. The molecule has 1 saturated carbocycles. The Kier molecular flexibility index (Phi) is 2.75. The average Bonchev–Trinajstić information content (AvgIpc) is 3.05. The summed E-state index contributed by atoms with van der Waals surface area (Å²) in [6.45, 7) is 0. The van der Waals surface area contributed by atoms with Crippen LogP contribution in [-0.4, -0.2) is 15.4 Å². The lowest BCUT2D eigenvalue weighted by molar-refractivity contribution is 0.627. The first kappa shape index (κ1) is 11.3. The van der Waals surface area contributed by atoms with Gasteiger partial charge in [0.05, 0.1) is 16.1 Å². The van der Waals surface area contributed by atoms with E-state index in [0.29, 0.717) is 18.3 Å². The summed E-state index contributed by atoms with van der Waals surface area (Å²) >= 11 is 11.5. The number of hydrogen-bond donors (Lipinski definition) is 0. The van der Waals surface area contributed by atoms with E-state index in [0.717, 1.165) is 29.7 Å². The van der Waals surface area contributed by atoms with Crippen LogP contribution in [0.15, 0.2) is 12.1 Å². The first-order valence-corrected chi connectivity index (χ1v) is 6.54. The Morgan fingerprint density at radius 2 is 2.18 bits per heavy atom. The minimum atomic E-state index is -0.390. The van der Waals surface area contributed by atoms with Crippen LogP contribution in [0.4, 0.5) is 4.39 Å². The molecule has 1 aromatic carbocycles. The van der Waals surface area contributed by atoms with Crippen LogP contribution in [0.2, 0.25) is 5.02 Å². The van der Waals surface area contributed by atoms with Crippen LogP contribution in [0.3, 0.4) is 0 Å². The Bertz CT molecular complexity index is 575.